The topological polar surface area (TPSA) is 29.9 Å². The number of hydrogen-bond acceptors (Lipinski definition) is 3. The average molecular weight is 253 g/mol. The zero-order chi connectivity index (χ0) is 12.3. The highest BCUT2D eigenvalue weighted by Crippen LogP contribution is 2.36. The van der Waals surface area contributed by atoms with Gasteiger partial charge in [-0.2, -0.15) is 16.9 Å². The molecule has 2 rings (SSSR count). The molecule has 96 valence electrons. The summed E-state index contributed by atoms with van der Waals surface area (Å²) in [6.07, 6.45) is 4.77. The van der Waals surface area contributed by atoms with Crippen LogP contribution in [0.1, 0.15) is 45.3 Å². The van der Waals surface area contributed by atoms with Gasteiger partial charge in [-0.15, -0.1) is 0 Å². The van der Waals surface area contributed by atoms with Gasteiger partial charge in [-0.3, -0.25) is 4.68 Å². The molecule has 0 radical (unpaired) electrons. The summed E-state index contributed by atoms with van der Waals surface area (Å²) in [6.45, 7) is 8.65. The van der Waals surface area contributed by atoms with Crippen LogP contribution in [0.3, 0.4) is 0 Å². The minimum absolute atomic E-state index is 0.445. The van der Waals surface area contributed by atoms with E-state index in [1.165, 1.54) is 18.6 Å². The lowest BCUT2D eigenvalue weighted by Crippen LogP contribution is -2.32. The molecule has 2 heterocycles. The number of hydrogen-bond donors (Lipinski definition) is 1. The average Bonchev–Trinajstić information content (AvgIpc) is 2.88. The molecule has 0 amide bonds. The van der Waals surface area contributed by atoms with Gasteiger partial charge in [-0.05, 0) is 45.4 Å². The standard InChI is InChI=1S/C13H23N3S/c1-11(2)16-7-5-12(15-16)9-14-10-13(3)6-4-8-17-13/h5,7,11,14H,4,6,8-10H2,1-3H3. The van der Waals surface area contributed by atoms with E-state index >= 15 is 0 Å². The summed E-state index contributed by atoms with van der Waals surface area (Å²) in [5.74, 6) is 1.32. The molecule has 1 aliphatic heterocycles. The van der Waals surface area contributed by atoms with E-state index in [0.717, 1.165) is 18.8 Å². The van der Waals surface area contributed by atoms with Gasteiger partial charge in [0.2, 0.25) is 0 Å². The first-order valence-electron chi connectivity index (χ1n) is 6.48. The third kappa shape index (κ3) is 3.49. The Balaban J connectivity index is 1.77. The van der Waals surface area contributed by atoms with Crippen molar-refractivity contribution in [3.63, 3.8) is 0 Å². The molecule has 0 saturated carbocycles. The van der Waals surface area contributed by atoms with Gasteiger partial charge in [-0.1, -0.05) is 0 Å². The first kappa shape index (κ1) is 13.0. The number of thioether (sulfide) groups is 1. The minimum atomic E-state index is 0.445. The second kappa shape index (κ2) is 5.44. The molecular formula is C13H23N3S. The Morgan fingerprint density at radius 1 is 1.59 bits per heavy atom. The second-order valence-corrected chi connectivity index (χ2v) is 7.07. The molecule has 1 aromatic heterocycles. The highest BCUT2D eigenvalue weighted by molar-refractivity contribution is 8.00. The van der Waals surface area contributed by atoms with E-state index in [4.69, 9.17) is 0 Å². The maximum absolute atomic E-state index is 4.54. The summed E-state index contributed by atoms with van der Waals surface area (Å²) >= 11 is 2.10. The van der Waals surface area contributed by atoms with E-state index < -0.39 is 0 Å². The molecular weight excluding hydrogens is 230 g/mol. The Morgan fingerprint density at radius 2 is 2.41 bits per heavy atom. The third-order valence-corrected chi connectivity index (χ3v) is 4.84. The molecule has 0 bridgehead atoms. The Labute approximate surface area is 108 Å². The van der Waals surface area contributed by atoms with E-state index in [2.05, 4.69) is 55.2 Å². The summed E-state index contributed by atoms with van der Waals surface area (Å²) in [7, 11) is 0. The molecule has 4 heteroatoms. The normalized spacial score (nSPS) is 24.7. The van der Waals surface area contributed by atoms with Crippen LogP contribution < -0.4 is 5.32 Å². The first-order valence-corrected chi connectivity index (χ1v) is 7.46. The maximum Gasteiger partial charge on any atom is 0.0762 e. The molecule has 0 spiro atoms. The largest absolute Gasteiger partial charge is 0.310 e. The zero-order valence-electron chi connectivity index (χ0n) is 11.1. The Bertz CT molecular complexity index is 353. The number of rotatable bonds is 5. The first-order chi connectivity index (χ1) is 8.09. The van der Waals surface area contributed by atoms with Crippen molar-refractivity contribution in [2.75, 3.05) is 12.3 Å². The smallest absolute Gasteiger partial charge is 0.0762 e. The van der Waals surface area contributed by atoms with Gasteiger partial charge in [0.1, 0.15) is 0 Å². The van der Waals surface area contributed by atoms with E-state index in [-0.39, 0.29) is 0 Å². The maximum atomic E-state index is 4.54. The van der Waals surface area contributed by atoms with Crippen molar-refractivity contribution >= 4 is 11.8 Å². The van der Waals surface area contributed by atoms with Crippen molar-refractivity contribution in [2.45, 2.75) is 50.9 Å². The fourth-order valence-electron chi connectivity index (χ4n) is 2.19. The van der Waals surface area contributed by atoms with Gasteiger partial charge in [0.05, 0.1) is 5.69 Å². The summed E-state index contributed by atoms with van der Waals surface area (Å²) in [6, 6.07) is 2.56. The van der Waals surface area contributed by atoms with Crippen LogP contribution in [0.4, 0.5) is 0 Å². The molecule has 0 aromatic carbocycles. The van der Waals surface area contributed by atoms with E-state index in [9.17, 15) is 0 Å². The van der Waals surface area contributed by atoms with Gasteiger partial charge < -0.3 is 5.32 Å². The summed E-state index contributed by atoms with van der Waals surface area (Å²) in [5, 5.41) is 8.08. The molecule has 0 aliphatic carbocycles. The van der Waals surface area contributed by atoms with Gasteiger partial charge in [-0.25, -0.2) is 0 Å². The molecule has 1 atom stereocenters. The Morgan fingerprint density at radius 3 is 3.00 bits per heavy atom. The van der Waals surface area contributed by atoms with Crippen LogP contribution in [0.25, 0.3) is 0 Å². The Kier molecular flexibility index (Phi) is 4.15. The van der Waals surface area contributed by atoms with E-state index in [1.54, 1.807) is 0 Å². The summed E-state index contributed by atoms with van der Waals surface area (Å²) < 4.78 is 2.46. The van der Waals surface area contributed by atoms with Crippen LogP contribution >= 0.6 is 11.8 Å². The monoisotopic (exact) mass is 253 g/mol. The number of aromatic nitrogens is 2. The lowest BCUT2D eigenvalue weighted by atomic mass is 10.1. The molecule has 1 aromatic rings. The van der Waals surface area contributed by atoms with Gasteiger partial charge in [0, 0.05) is 30.1 Å². The predicted octanol–water partition coefficient (Wildman–Crippen LogP) is 2.84. The minimum Gasteiger partial charge on any atom is -0.310 e. The third-order valence-electron chi connectivity index (χ3n) is 3.30. The van der Waals surface area contributed by atoms with Crippen LogP contribution in [0.15, 0.2) is 12.3 Å². The highest BCUT2D eigenvalue weighted by Gasteiger charge is 2.28. The highest BCUT2D eigenvalue weighted by atomic mass is 32.2. The van der Waals surface area contributed by atoms with Crippen LogP contribution in [-0.4, -0.2) is 26.8 Å². The predicted molar refractivity (Wildman–Crippen MR) is 74.4 cm³/mol. The number of nitrogens with one attached hydrogen (secondary N) is 1. The fraction of sp³-hybridized carbons (Fsp3) is 0.769. The van der Waals surface area contributed by atoms with Gasteiger partial charge in [0.15, 0.2) is 0 Å². The lowest BCUT2D eigenvalue weighted by molar-refractivity contribution is 0.508. The van der Waals surface area contributed by atoms with Crippen LogP contribution in [0.2, 0.25) is 0 Å². The molecule has 17 heavy (non-hydrogen) atoms. The molecule has 1 fully saturated rings. The second-order valence-electron chi connectivity index (χ2n) is 5.39. The summed E-state index contributed by atoms with van der Waals surface area (Å²) in [5.41, 5.74) is 1.14. The van der Waals surface area contributed by atoms with E-state index in [0.29, 0.717) is 10.8 Å². The molecule has 1 saturated heterocycles. The van der Waals surface area contributed by atoms with Crippen molar-refractivity contribution in [2.24, 2.45) is 0 Å². The molecule has 3 nitrogen and oxygen atoms in total. The fourth-order valence-corrected chi connectivity index (χ4v) is 3.46. The van der Waals surface area contributed by atoms with Crippen molar-refractivity contribution in [1.82, 2.24) is 15.1 Å². The molecule has 1 unspecified atom stereocenters. The molecule has 1 aliphatic rings. The van der Waals surface area contributed by atoms with Crippen LogP contribution in [-0.2, 0) is 6.54 Å². The quantitative estimate of drug-likeness (QED) is 0.875. The van der Waals surface area contributed by atoms with Gasteiger partial charge in [0.25, 0.3) is 0 Å². The zero-order valence-corrected chi connectivity index (χ0v) is 11.9. The van der Waals surface area contributed by atoms with Crippen molar-refractivity contribution in [1.29, 1.82) is 0 Å². The lowest BCUT2D eigenvalue weighted by Gasteiger charge is -2.22. The number of nitrogens with zero attached hydrogens (tertiary/aromatic N) is 2. The molecule has 1 N–H and O–H groups in total. The van der Waals surface area contributed by atoms with Gasteiger partial charge >= 0.3 is 0 Å². The van der Waals surface area contributed by atoms with Crippen molar-refractivity contribution < 1.29 is 0 Å². The summed E-state index contributed by atoms with van der Waals surface area (Å²) in [4.78, 5) is 0. The Hall–Kier alpha value is -0.480. The van der Waals surface area contributed by atoms with E-state index in [1.807, 2.05) is 4.68 Å². The SMILES string of the molecule is CC(C)n1ccc(CNCC2(C)CCCS2)n1. The van der Waals surface area contributed by atoms with Crippen LogP contribution in [0, 0.1) is 0 Å². The van der Waals surface area contributed by atoms with Crippen molar-refractivity contribution in [3.05, 3.63) is 18.0 Å². The van der Waals surface area contributed by atoms with Crippen molar-refractivity contribution in [3.8, 4) is 0 Å². The van der Waals surface area contributed by atoms with Crippen LogP contribution in [0.5, 0.6) is 0 Å².